The molecule has 98 valence electrons. The lowest BCUT2D eigenvalue weighted by molar-refractivity contribution is 0.393. The van der Waals surface area contributed by atoms with Crippen LogP contribution in [-0.2, 0) is 0 Å². The van der Waals surface area contributed by atoms with Gasteiger partial charge in [-0.2, -0.15) is 4.98 Å². The lowest BCUT2D eigenvalue weighted by Gasteiger charge is -2.22. The summed E-state index contributed by atoms with van der Waals surface area (Å²) in [5, 5.41) is 7.30. The molecule has 1 fully saturated rings. The van der Waals surface area contributed by atoms with Gasteiger partial charge in [0.15, 0.2) is 0 Å². The van der Waals surface area contributed by atoms with Gasteiger partial charge in [-0.05, 0) is 28.8 Å². The van der Waals surface area contributed by atoms with Crippen molar-refractivity contribution >= 4 is 27.7 Å². The van der Waals surface area contributed by atoms with E-state index in [9.17, 15) is 0 Å². The highest BCUT2D eigenvalue weighted by atomic mass is 79.9. The fourth-order valence-electron chi connectivity index (χ4n) is 1.70. The zero-order valence-electron chi connectivity index (χ0n) is 10.2. The molecular formula is C11H16BrN5O. The molecule has 0 aromatic carbocycles. The van der Waals surface area contributed by atoms with E-state index in [0.29, 0.717) is 30.8 Å². The standard InChI is InChI=1S/C11H16BrN5O/c1-18-10-8(12)6-15-11(16-10)17(7-2-3-7)5-4-9(13)14/h6-7H,2-5H2,1H3,(H3,13,14). The summed E-state index contributed by atoms with van der Waals surface area (Å²) in [6.45, 7) is 0.671. The Kier molecular flexibility index (Phi) is 4.00. The number of nitrogens with zero attached hydrogens (tertiary/aromatic N) is 3. The molecule has 1 aliphatic rings. The van der Waals surface area contributed by atoms with Gasteiger partial charge in [-0.25, -0.2) is 4.98 Å². The van der Waals surface area contributed by atoms with Crippen molar-refractivity contribution in [2.75, 3.05) is 18.6 Å². The third-order valence-electron chi connectivity index (χ3n) is 2.76. The van der Waals surface area contributed by atoms with Crippen LogP contribution in [0.15, 0.2) is 10.7 Å². The van der Waals surface area contributed by atoms with E-state index in [1.54, 1.807) is 13.3 Å². The minimum atomic E-state index is 0.185. The van der Waals surface area contributed by atoms with Gasteiger partial charge in [0.2, 0.25) is 11.8 Å². The minimum absolute atomic E-state index is 0.185. The Morgan fingerprint density at radius 2 is 2.39 bits per heavy atom. The van der Waals surface area contributed by atoms with Crippen LogP contribution in [0.4, 0.5) is 5.95 Å². The molecule has 0 spiro atoms. The normalized spacial score (nSPS) is 14.3. The molecule has 0 amide bonds. The maximum atomic E-state index is 7.30. The second-order valence-corrected chi connectivity index (χ2v) is 5.08. The van der Waals surface area contributed by atoms with Crippen LogP contribution in [0, 0.1) is 5.41 Å². The van der Waals surface area contributed by atoms with Crippen molar-refractivity contribution in [3.8, 4) is 5.88 Å². The molecule has 0 bridgehead atoms. The van der Waals surface area contributed by atoms with Crippen molar-refractivity contribution in [1.82, 2.24) is 9.97 Å². The van der Waals surface area contributed by atoms with Gasteiger partial charge in [0.1, 0.15) is 0 Å². The molecule has 1 aromatic rings. The SMILES string of the molecule is COc1nc(N(CCC(=N)N)C2CC2)ncc1Br. The molecule has 3 N–H and O–H groups in total. The number of aromatic nitrogens is 2. The maximum absolute atomic E-state index is 7.30. The van der Waals surface area contributed by atoms with Gasteiger partial charge in [0, 0.05) is 19.0 Å². The molecule has 1 saturated carbocycles. The van der Waals surface area contributed by atoms with Crippen molar-refractivity contribution in [3.05, 3.63) is 10.7 Å². The second kappa shape index (κ2) is 5.51. The highest BCUT2D eigenvalue weighted by Gasteiger charge is 2.31. The molecule has 0 atom stereocenters. The Hall–Kier alpha value is -1.37. The molecule has 2 rings (SSSR count). The number of ether oxygens (including phenoxy) is 1. The third kappa shape index (κ3) is 3.10. The van der Waals surface area contributed by atoms with E-state index in [1.165, 1.54) is 0 Å². The van der Waals surface area contributed by atoms with Gasteiger partial charge in [-0.1, -0.05) is 0 Å². The van der Waals surface area contributed by atoms with E-state index in [-0.39, 0.29) is 5.84 Å². The van der Waals surface area contributed by atoms with Crippen LogP contribution >= 0.6 is 15.9 Å². The number of hydrogen-bond acceptors (Lipinski definition) is 5. The number of halogens is 1. The first-order chi connectivity index (χ1) is 8.61. The van der Waals surface area contributed by atoms with Crippen molar-refractivity contribution in [3.63, 3.8) is 0 Å². The topological polar surface area (TPSA) is 88.1 Å². The molecule has 6 nitrogen and oxygen atoms in total. The van der Waals surface area contributed by atoms with Crippen LogP contribution in [0.5, 0.6) is 5.88 Å². The first kappa shape index (κ1) is 13.1. The monoisotopic (exact) mass is 313 g/mol. The van der Waals surface area contributed by atoms with E-state index < -0.39 is 0 Å². The number of anilines is 1. The molecule has 7 heteroatoms. The molecule has 0 saturated heterocycles. The van der Waals surface area contributed by atoms with Gasteiger partial charge >= 0.3 is 0 Å². The Bertz CT molecular complexity index is 449. The summed E-state index contributed by atoms with van der Waals surface area (Å²) in [7, 11) is 1.58. The average molecular weight is 314 g/mol. The van der Waals surface area contributed by atoms with E-state index in [1.807, 2.05) is 0 Å². The van der Waals surface area contributed by atoms with Crippen LogP contribution in [-0.4, -0.2) is 35.5 Å². The number of amidine groups is 1. The highest BCUT2D eigenvalue weighted by molar-refractivity contribution is 9.10. The molecule has 1 aromatic heterocycles. The van der Waals surface area contributed by atoms with Crippen molar-refractivity contribution in [2.24, 2.45) is 5.73 Å². The van der Waals surface area contributed by atoms with Gasteiger partial charge in [-0.15, -0.1) is 0 Å². The lowest BCUT2D eigenvalue weighted by atomic mass is 10.3. The molecule has 1 heterocycles. The van der Waals surface area contributed by atoms with Gasteiger partial charge in [0.25, 0.3) is 0 Å². The van der Waals surface area contributed by atoms with Crippen LogP contribution in [0.2, 0.25) is 0 Å². The summed E-state index contributed by atoms with van der Waals surface area (Å²) in [5.74, 6) is 1.34. The molecular weight excluding hydrogens is 298 g/mol. The van der Waals surface area contributed by atoms with Crippen LogP contribution in [0.1, 0.15) is 19.3 Å². The summed E-state index contributed by atoms with van der Waals surface area (Å²) in [6.07, 6.45) is 4.49. The van der Waals surface area contributed by atoms with E-state index in [4.69, 9.17) is 15.9 Å². The predicted molar refractivity (Wildman–Crippen MR) is 73.2 cm³/mol. The predicted octanol–water partition coefficient (Wildman–Crippen LogP) is 1.54. The summed E-state index contributed by atoms with van der Waals surface area (Å²) in [5.41, 5.74) is 5.40. The van der Waals surface area contributed by atoms with Gasteiger partial charge in [0.05, 0.1) is 23.6 Å². The fourth-order valence-corrected chi connectivity index (χ4v) is 2.05. The number of nitrogens with one attached hydrogen (secondary N) is 1. The van der Waals surface area contributed by atoms with Crippen molar-refractivity contribution < 1.29 is 4.74 Å². The molecule has 0 radical (unpaired) electrons. The number of rotatable bonds is 6. The Morgan fingerprint density at radius 1 is 1.67 bits per heavy atom. The van der Waals surface area contributed by atoms with E-state index in [2.05, 4.69) is 30.8 Å². The van der Waals surface area contributed by atoms with Crippen LogP contribution in [0.3, 0.4) is 0 Å². The fraction of sp³-hybridized carbons (Fsp3) is 0.545. The Labute approximate surface area is 114 Å². The number of methoxy groups -OCH3 is 1. The van der Waals surface area contributed by atoms with Crippen molar-refractivity contribution in [2.45, 2.75) is 25.3 Å². The first-order valence-corrected chi connectivity index (χ1v) is 6.57. The summed E-state index contributed by atoms with van der Waals surface area (Å²) in [6, 6.07) is 0.468. The molecule has 1 aliphatic carbocycles. The third-order valence-corrected chi connectivity index (χ3v) is 3.30. The lowest BCUT2D eigenvalue weighted by Crippen LogP contribution is -2.31. The molecule has 0 unspecified atom stereocenters. The average Bonchev–Trinajstić information content (AvgIpc) is 3.15. The zero-order valence-corrected chi connectivity index (χ0v) is 11.8. The van der Waals surface area contributed by atoms with Gasteiger partial charge in [-0.3, -0.25) is 5.41 Å². The largest absolute Gasteiger partial charge is 0.480 e. The number of nitrogens with two attached hydrogens (primary N) is 1. The van der Waals surface area contributed by atoms with Crippen LogP contribution in [0.25, 0.3) is 0 Å². The van der Waals surface area contributed by atoms with Crippen LogP contribution < -0.4 is 15.4 Å². The summed E-state index contributed by atoms with van der Waals surface area (Å²) >= 11 is 3.33. The summed E-state index contributed by atoms with van der Waals surface area (Å²) < 4.78 is 5.90. The Morgan fingerprint density at radius 3 is 2.94 bits per heavy atom. The van der Waals surface area contributed by atoms with E-state index >= 15 is 0 Å². The minimum Gasteiger partial charge on any atom is -0.480 e. The second-order valence-electron chi connectivity index (χ2n) is 4.23. The van der Waals surface area contributed by atoms with Gasteiger partial charge < -0.3 is 15.4 Å². The maximum Gasteiger partial charge on any atom is 0.232 e. The number of hydrogen-bond donors (Lipinski definition) is 2. The highest BCUT2D eigenvalue weighted by Crippen LogP contribution is 2.31. The zero-order chi connectivity index (χ0) is 13.1. The molecule has 0 aliphatic heterocycles. The smallest absolute Gasteiger partial charge is 0.232 e. The molecule has 18 heavy (non-hydrogen) atoms. The first-order valence-electron chi connectivity index (χ1n) is 5.78. The Balaban J connectivity index is 2.16. The van der Waals surface area contributed by atoms with Crippen molar-refractivity contribution in [1.29, 1.82) is 5.41 Å². The summed E-state index contributed by atoms with van der Waals surface area (Å²) in [4.78, 5) is 10.8. The van der Waals surface area contributed by atoms with E-state index in [0.717, 1.165) is 17.3 Å². The quantitative estimate of drug-likeness (QED) is 0.614.